The number of benzene rings is 1. The van der Waals surface area contributed by atoms with Gasteiger partial charge in [0.05, 0.1) is 8.80 Å². The molecule has 2 fully saturated rings. The molecule has 2 aliphatic rings. The summed E-state index contributed by atoms with van der Waals surface area (Å²) in [5.74, 6) is 0.0404. The molecule has 1 saturated carbocycles. The van der Waals surface area contributed by atoms with Gasteiger partial charge in [-0.3, -0.25) is 0 Å². The molecule has 0 spiro atoms. The van der Waals surface area contributed by atoms with Crippen molar-refractivity contribution in [3.8, 4) is 0 Å². The first-order chi connectivity index (χ1) is 11.2. The number of hydrogen-bond donors (Lipinski definition) is 0. The second-order valence-corrected chi connectivity index (χ2v) is 10.7. The van der Waals surface area contributed by atoms with Gasteiger partial charge in [-0.25, -0.2) is 8.78 Å². The summed E-state index contributed by atoms with van der Waals surface area (Å²) in [4.78, 5) is 0. The molecule has 1 aliphatic heterocycles. The Hall–Kier alpha value is -0.703. The Balaban J connectivity index is 1.50. The van der Waals surface area contributed by atoms with E-state index < -0.39 is 11.6 Å². The van der Waals surface area contributed by atoms with Crippen LogP contribution in [0, 0.1) is 17.6 Å². The molecule has 0 bridgehead atoms. The van der Waals surface area contributed by atoms with Gasteiger partial charge in [0.1, 0.15) is 0 Å². The van der Waals surface area contributed by atoms with Crippen LogP contribution in [0.25, 0.3) is 0 Å². The Morgan fingerprint density at radius 1 is 0.957 bits per heavy atom. The number of hydrogen-bond acceptors (Lipinski definition) is 0. The smallest absolute Gasteiger partial charge is 0.159 e. The van der Waals surface area contributed by atoms with Crippen molar-refractivity contribution in [3.63, 3.8) is 0 Å². The lowest BCUT2D eigenvalue weighted by Crippen LogP contribution is -2.29. The van der Waals surface area contributed by atoms with E-state index in [-0.39, 0.29) is 8.80 Å². The third-order valence-electron chi connectivity index (χ3n) is 6.16. The summed E-state index contributed by atoms with van der Waals surface area (Å²) in [7, 11) is -0.212. The number of halogens is 2. The highest BCUT2D eigenvalue weighted by Crippen LogP contribution is 2.43. The Morgan fingerprint density at radius 3 is 2.26 bits per heavy atom. The Bertz CT molecular complexity index is 500. The van der Waals surface area contributed by atoms with Gasteiger partial charge in [0.15, 0.2) is 11.6 Å². The molecule has 3 heteroatoms. The van der Waals surface area contributed by atoms with E-state index in [0.29, 0.717) is 5.92 Å². The Labute approximate surface area is 141 Å². The van der Waals surface area contributed by atoms with Crippen molar-refractivity contribution in [3.05, 3.63) is 35.4 Å². The average molecular weight is 336 g/mol. The second kappa shape index (κ2) is 7.91. The minimum absolute atomic E-state index is 0.212. The largest absolute Gasteiger partial charge is 0.204 e. The van der Waals surface area contributed by atoms with E-state index in [9.17, 15) is 8.78 Å². The summed E-state index contributed by atoms with van der Waals surface area (Å²) in [6, 6.07) is 7.25. The zero-order chi connectivity index (χ0) is 16.2. The maximum absolute atomic E-state index is 13.4. The third-order valence-corrected chi connectivity index (χ3v) is 9.76. The Morgan fingerprint density at radius 2 is 1.65 bits per heavy atom. The van der Waals surface area contributed by atoms with Crippen molar-refractivity contribution < 1.29 is 8.78 Å². The van der Waals surface area contributed by atoms with Crippen LogP contribution in [0.15, 0.2) is 18.2 Å². The molecule has 0 atom stereocenters. The highest BCUT2D eigenvalue weighted by molar-refractivity contribution is 6.60. The van der Waals surface area contributed by atoms with Gasteiger partial charge >= 0.3 is 0 Å². The van der Waals surface area contributed by atoms with Crippen LogP contribution in [0.1, 0.15) is 69.8 Å². The highest BCUT2D eigenvalue weighted by Gasteiger charge is 2.32. The van der Waals surface area contributed by atoms with E-state index in [1.165, 1.54) is 75.6 Å². The molecule has 0 unspecified atom stereocenters. The molecule has 1 aromatic rings. The van der Waals surface area contributed by atoms with Crippen LogP contribution in [-0.2, 0) is 0 Å². The highest BCUT2D eigenvalue weighted by atomic mass is 28.3. The summed E-state index contributed by atoms with van der Waals surface area (Å²) >= 11 is 0. The quantitative estimate of drug-likeness (QED) is 0.537. The van der Waals surface area contributed by atoms with Crippen molar-refractivity contribution >= 4 is 8.80 Å². The number of rotatable bonds is 4. The lowest BCUT2D eigenvalue weighted by atomic mass is 9.86. The van der Waals surface area contributed by atoms with E-state index in [0.717, 1.165) is 17.0 Å². The predicted octanol–water partition coefficient (Wildman–Crippen LogP) is 6.70. The topological polar surface area (TPSA) is 0 Å². The van der Waals surface area contributed by atoms with Crippen molar-refractivity contribution in [2.75, 3.05) is 0 Å². The first kappa shape index (κ1) is 17.1. The molecular weight excluding hydrogens is 306 g/mol. The maximum atomic E-state index is 13.4. The van der Waals surface area contributed by atoms with Crippen LogP contribution in [0.5, 0.6) is 0 Å². The molecule has 3 rings (SSSR count). The fraction of sp³-hybridized carbons (Fsp3) is 0.700. The Kier molecular flexibility index (Phi) is 5.89. The van der Waals surface area contributed by atoms with E-state index in [1.807, 2.05) is 0 Å². The minimum atomic E-state index is -0.724. The normalized spacial score (nSPS) is 27.3. The van der Waals surface area contributed by atoms with E-state index in [2.05, 4.69) is 6.92 Å². The third kappa shape index (κ3) is 4.23. The zero-order valence-electron chi connectivity index (χ0n) is 14.3. The van der Waals surface area contributed by atoms with Crippen LogP contribution >= 0.6 is 0 Å². The molecule has 1 radical (unpaired) electrons. The first-order valence-electron chi connectivity index (χ1n) is 9.47. The fourth-order valence-electron chi connectivity index (χ4n) is 4.76. The molecule has 1 aromatic carbocycles. The van der Waals surface area contributed by atoms with Crippen LogP contribution in [0.3, 0.4) is 0 Å². The maximum Gasteiger partial charge on any atom is 0.159 e. The van der Waals surface area contributed by atoms with Gasteiger partial charge in [0.2, 0.25) is 0 Å². The molecule has 0 amide bonds. The van der Waals surface area contributed by atoms with Gasteiger partial charge in [0, 0.05) is 0 Å². The predicted molar refractivity (Wildman–Crippen MR) is 94.3 cm³/mol. The van der Waals surface area contributed by atoms with Gasteiger partial charge in [-0.15, -0.1) is 0 Å². The van der Waals surface area contributed by atoms with E-state index >= 15 is 0 Å². The molecular formula is C20H29F2Si. The second-order valence-electron chi connectivity index (χ2n) is 7.61. The molecule has 23 heavy (non-hydrogen) atoms. The van der Waals surface area contributed by atoms with Gasteiger partial charge in [0.25, 0.3) is 0 Å². The molecule has 0 N–H and O–H groups in total. The van der Waals surface area contributed by atoms with Crippen molar-refractivity contribution in [2.45, 2.75) is 81.8 Å². The summed E-state index contributed by atoms with van der Waals surface area (Å²) in [6.45, 7) is 2.30. The summed E-state index contributed by atoms with van der Waals surface area (Å²) in [6.07, 6.45) is 11.0. The van der Waals surface area contributed by atoms with Crippen molar-refractivity contribution in [1.29, 1.82) is 0 Å². The molecule has 127 valence electrons. The molecule has 1 saturated heterocycles. The fourth-order valence-corrected chi connectivity index (χ4v) is 8.42. The monoisotopic (exact) mass is 335 g/mol. The van der Waals surface area contributed by atoms with Crippen LogP contribution in [0.2, 0.25) is 17.6 Å². The molecule has 1 aliphatic carbocycles. The van der Waals surface area contributed by atoms with Crippen LogP contribution in [0.4, 0.5) is 8.78 Å². The molecule has 1 heterocycles. The summed E-state index contributed by atoms with van der Waals surface area (Å²) in [5.41, 5.74) is 2.04. The van der Waals surface area contributed by atoms with Crippen molar-refractivity contribution in [1.82, 2.24) is 0 Å². The van der Waals surface area contributed by atoms with Crippen LogP contribution in [-0.4, -0.2) is 8.80 Å². The zero-order valence-corrected chi connectivity index (χ0v) is 15.3. The van der Waals surface area contributed by atoms with Gasteiger partial charge in [-0.1, -0.05) is 63.6 Å². The minimum Gasteiger partial charge on any atom is -0.204 e. The average Bonchev–Trinajstić information content (AvgIpc) is 2.59. The van der Waals surface area contributed by atoms with Gasteiger partial charge < -0.3 is 0 Å². The molecule has 0 nitrogen and oxygen atoms in total. The van der Waals surface area contributed by atoms with Crippen LogP contribution < -0.4 is 0 Å². The SMILES string of the molecule is CCCC1CCC([Si]2CCC(c3ccc(F)c(F)c3)CC2)CC1. The van der Waals surface area contributed by atoms with E-state index in [1.54, 1.807) is 6.07 Å². The molecule has 0 aromatic heterocycles. The standard InChI is InChI=1S/C20H29F2Si/c1-2-3-15-4-7-18(8-5-15)23-12-10-16(11-13-23)17-6-9-19(21)20(22)14-17/h6,9,14-16,18H,2-5,7-8,10-13H2,1H3. The van der Waals surface area contributed by atoms with Gasteiger partial charge in [-0.2, -0.15) is 0 Å². The summed E-state index contributed by atoms with van der Waals surface area (Å²) in [5, 5.41) is 0. The van der Waals surface area contributed by atoms with Gasteiger partial charge in [-0.05, 0) is 47.9 Å². The lowest BCUT2D eigenvalue weighted by Gasteiger charge is -2.37. The first-order valence-corrected chi connectivity index (χ1v) is 11.5. The summed E-state index contributed by atoms with van der Waals surface area (Å²) < 4.78 is 26.5. The lowest BCUT2D eigenvalue weighted by molar-refractivity contribution is 0.332. The van der Waals surface area contributed by atoms with Crippen molar-refractivity contribution in [2.24, 2.45) is 5.92 Å². The van der Waals surface area contributed by atoms with E-state index in [4.69, 9.17) is 0 Å².